The van der Waals surface area contributed by atoms with Crippen molar-refractivity contribution in [1.82, 2.24) is 20.8 Å². The summed E-state index contributed by atoms with van der Waals surface area (Å²) in [4.78, 5) is 47.9. The first kappa shape index (κ1) is 19.9. The van der Waals surface area contributed by atoms with E-state index in [0.29, 0.717) is 19.4 Å². The third kappa shape index (κ3) is 4.70. The lowest BCUT2D eigenvalue weighted by Crippen LogP contribution is -2.50. The molecule has 2 aliphatic rings. The molecule has 2 saturated heterocycles. The van der Waals surface area contributed by atoms with E-state index in [1.54, 1.807) is 6.92 Å². The molecular weight excluding hydrogens is 368 g/mol. The number of benzene rings is 1. The zero-order valence-corrected chi connectivity index (χ0v) is 15.5. The Hall–Kier alpha value is -2.85. The van der Waals surface area contributed by atoms with Crippen LogP contribution in [0, 0.1) is 0 Å². The zero-order chi connectivity index (χ0) is 20.1. The summed E-state index contributed by atoms with van der Waals surface area (Å²) in [5, 5.41) is 12.1. The van der Waals surface area contributed by atoms with E-state index in [4.69, 9.17) is 14.8 Å². The van der Waals surface area contributed by atoms with Crippen LogP contribution < -0.4 is 10.8 Å². The molecule has 2 heterocycles. The fourth-order valence-electron chi connectivity index (χ4n) is 3.29. The summed E-state index contributed by atoms with van der Waals surface area (Å²) in [5.74, 6) is -0.432. The van der Waals surface area contributed by atoms with Crippen LogP contribution in [0.4, 0.5) is 9.59 Å². The number of nitrogens with one attached hydrogen (secondary N) is 2. The van der Waals surface area contributed by atoms with Gasteiger partial charge in [0.15, 0.2) is 0 Å². The molecule has 3 N–H and O–H groups in total. The van der Waals surface area contributed by atoms with Crippen LogP contribution in [0.5, 0.6) is 0 Å². The first-order chi connectivity index (χ1) is 13.5. The first-order valence-corrected chi connectivity index (χ1v) is 9.14. The summed E-state index contributed by atoms with van der Waals surface area (Å²) < 4.78 is 0. The number of urea groups is 1. The van der Waals surface area contributed by atoms with Gasteiger partial charge in [0.2, 0.25) is 0 Å². The van der Waals surface area contributed by atoms with Crippen molar-refractivity contribution in [2.75, 3.05) is 13.1 Å². The van der Waals surface area contributed by atoms with Gasteiger partial charge >= 0.3 is 12.1 Å². The normalized spacial score (nSPS) is 22.1. The van der Waals surface area contributed by atoms with Gasteiger partial charge in [-0.05, 0) is 25.3 Å². The third-order valence-corrected chi connectivity index (χ3v) is 4.74. The van der Waals surface area contributed by atoms with E-state index in [-0.39, 0.29) is 25.2 Å². The number of piperidine rings is 1. The third-order valence-electron chi connectivity index (χ3n) is 4.74. The maximum absolute atomic E-state index is 12.7. The lowest BCUT2D eigenvalue weighted by Gasteiger charge is -2.29. The monoisotopic (exact) mass is 392 g/mol. The van der Waals surface area contributed by atoms with Crippen molar-refractivity contribution >= 4 is 18.0 Å². The molecule has 0 radical (unpaired) electrons. The topological polar surface area (TPSA) is 120 Å². The van der Waals surface area contributed by atoms with Crippen molar-refractivity contribution < 1.29 is 29.2 Å². The van der Waals surface area contributed by atoms with Gasteiger partial charge in [-0.1, -0.05) is 30.3 Å². The maximum Gasteiger partial charge on any atom is 0.404 e. The molecule has 3 rings (SSSR count). The van der Waals surface area contributed by atoms with E-state index in [9.17, 15) is 14.4 Å². The van der Waals surface area contributed by atoms with Crippen LogP contribution in [0.2, 0.25) is 0 Å². The molecule has 0 spiro atoms. The Kier molecular flexibility index (Phi) is 6.32. The Morgan fingerprint density at radius 1 is 1.29 bits per heavy atom. The van der Waals surface area contributed by atoms with E-state index in [2.05, 4.69) is 10.8 Å². The second-order valence-electron chi connectivity index (χ2n) is 6.85. The van der Waals surface area contributed by atoms with E-state index in [1.165, 1.54) is 9.96 Å². The molecule has 1 aromatic carbocycles. The smallest absolute Gasteiger partial charge is 0.404 e. The van der Waals surface area contributed by atoms with Crippen molar-refractivity contribution in [1.29, 1.82) is 0 Å². The second kappa shape index (κ2) is 8.89. The molecule has 2 bridgehead atoms. The standard InChI is InChI=1S/C18H24N4O6/c1-12(9-19-17(24)25)28-20-16(23)15-8-7-14-10-21(15)18(26)22(14)27-11-13-5-3-2-4-6-13/h2-6,12,14-15,19H,7-11H2,1H3,(H,20,23)(H,24,25)/t12-,14+,15-/m0/s1. The van der Waals surface area contributed by atoms with Crippen LogP contribution in [-0.4, -0.2) is 64.4 Å². The Bertz CT molecular complexity index is 715. The number of carboxylic acid groups (broad SMARTS) is 1. The van der Waals surface area contributed by atoms with Gasteiger partial charge in [-0.25, -0.2) is 15.1 Å². The molecular formula is C18H24N4O6. The lowest BCUT2D eigenvalue weighted by atomic mass is 10.0. The molecule has 10 heteroatoms. The van der Waals surface area contributed by atoms with Gasteiger partial charge in [-0.2, -0.15) is 5.06 Å². The largest absolute Gasteiger partial charge is 0.465 e. The highest BCUT2D eigenvalue weighted by atomic mass is 16.7. The van der Waals surface area contributed by atoms with Gasteiger partial charge in [0.05, 0.1) is 6.04 Å². The highest BCUT2D eigenvalue weighted by molar-refractivity contribution is 5.88. The number of hydroxylamine groups is 3. The van der Waals surface area contributed by atoms with Crippen LogP contribution in [0.15, 0.2) is 30.3 Å². The predicted octanol–water partition coefficient (Wildman–Crippen LogP) is 1.09. The summed E-state index contributed by atoms with van der Waals surface area (Å²) in [6.45, 7) is 2.35. The molecule has 2 fully saturated rings. The number of nitrogens with zero attached hydrogens (tertiary/aromatic N) is 2. The maximum atomic E-state index is 12.7. The predicted molar refractivity (Wildman–Crippen MR) is 96.7 cm³/mol. The Morgan fingerprint density at radius 3 is 2.75 bits per heavy atom. The molecule has 2 aliphatic heterocycles. The number of carbonyl (C=O) groups is 3. The summed E-state index contributed by atoms with van der Waals surface area (Å²) in [5.41, 5.74) is 3.28. The van der Waals surface area contributed by atoms with Crippen LogP contribution in [0.1, 0.15) is 25.3 Å². The van der Waals surface area contributed by atoms with E-state index >= 15 is 0 Å². The van der Waals surface area contributed by atoms with Crippen molar-refractivity contribution in [2.45, 2.75) is 44.6 Å². The molecule has 0 unspecified atom stereocenters. The fraction of sp³-hybridized carbons (Fsp3) is 0.500. The number of amides is 4. The highest BCUT2D eigenvalue weighted by Gasteiger charge is 2.48. The van der Waals surface area contributed by atoms with E-state index in [0.717, 1.165) is 5.56 Å². The SMILES string of the molecule is C[C@@H](CNC(=O)O)ONC(=O)[C@@H]1CC[C@@H]2CN1C(=O)N2OCc1ccccc1. The summed E-state index contributed by atoms with van der Waals surface area (Å²) in [6.07, 6.45) is -0.571. The molecule has 0 saturated carbocycles. The van der Waals surface area contributed by atoms with Gasteiger partial charge in [0.1, 0.15) is 18.8 Å². The molecule has 28 heavy (non-hydrogen) atoms. The molecule has 4 amide bonds. The van der Waals surface area contributed by atoms with Crippen molar-refractivity contribution in [2.24, 2.45) is 0 Å². The quantitative estimate of drug-likeness (QED) is 0.570. The minimum Gasteiger partial charge on any atom is -0.465 e. The summed E-state index contributed by atoms with van der Waals surface area (Å²) in [7, 11) is 0. The summed E-state index contributed by atoms with van der Waals surface area (Å²) >= 11 is 0. The van der Waals surface area contributed by atoms with Crippen LogP contribution >= 0.6 is 0 Å². The van der Waals surface area contributed by atoms with Gasteiger partial charge in [0.25, 0.3) is 5.91 Å². The Morgan fingerprint density at radius 2 is 2.04 bits per heavy atom. The molecule has 0 aliphatic carbocycles. The fourth-order valence-corrected chi connectivity index (χ4v) is 3.29. The molecule has 3 atom stereocenters. The molecule has 1 aromatic rings. The molecule has 10 nitrogen and oxygen atoms in total. The van der Waals surface area contributed by atoms with Gasteiger partial charge < -0.3 is 15.3 Å². The average molecular weight is 392 g/mol. The first-order valence-electron chi connectivity index (χ1n) is 9.14. The minimum atomic E-state index is -1.17. The number of hydrogen-bond donors (Lipinski definition) is 3. The number of rotatable bonds is 8. The van der Waals surface area contributed by atoms with Gasteiger partial charge in [-0.15, -0.1) is 0 Å². The summed E-state index contributed by atoms with van der Waals surface area (Å²) in [6, 6.07) is 8.49. The Balaban J connectivity index is 1.50. The average Bonchev–Trinajstić information content (AvgIpc) is 2.93. The van der Waals surface area contributed by atoms with E-state index in [1.807, 2.05) is 30.3 Å². The van der Waals surface area contributed by atoms with E-state index < -0.39 is 24.1 Å². The molecule has 152 valence electrons. The highest BCUT2D eigenvalue weighted by Crippen LogP contribution is 2.30. The second-order valence-corrected chi connectivity index (χ2v) is 6.85. The number of carbonyl (C=O) groups excluding carboxylic acids is 2. The van der Waals surface area contributed by atoms with Crippen molar-refractivity contribution in [3.8, 4) is 0 Å². The van der Waals surface area contributed by atoms with Gasteiger partial charge in [-0.3, -0.25) is 14.5 Å². The minimum absolute atomic E-state index is 0.0338. The van der Waals surface area contributed by atoms with Crippen molar-refractivity contribution in [3.63, 3.8) is 0 Å². The number of fused-ring (bicyclic) bond motifs is 2. The van der Waals surface area contributed by atoms with Crippen LogP contribution in [0.3, 0.4) is 0 Å². The van der Waals surface area contributed by atoms with Crippen LogP contribution in [0.25, 0.3) is 0 Å². The van der Waals surface area contributed by atoms with Gasteiger partial charge in [0, 0.05) is 13.1 Å². The molecule has 0 aromatic heterocycles. The Labute approximate surface area is 162 Å². The zero-order valence-electron chi connectivity index (χ0n) is 15.5. The van der Waals surface area contributed by atoms with Crippen molar-refractivity contribution in [3.05, 3.63) is 35.9 Å². The number of hydrogen-bond acceptors (Lipinski definition) is 5. The lowest BCUT2D eigenvalue weighted by molar-refractivity contribution is -0.143. The van der Waals surface area contributed by atoms with Crippen LogP contribution in [-0.2, 0) is 21.1 Å².